The monoisotopic (exact) mass is 358 g/mol. The van der Waals surface area contributed by atoms with E-state index in [1.165, 1.54) is 33.6 Å². The highest BCUT2D eigenvalue weighted by atomic mass is 16.5. The molecule has 0 aliphatic carbocycles. The summed E-state index contributed by atoms with van der Waals surface area (Å²) in [5.41, 5.74) is 2.86. The molecule has 0 saturated heterocycles. The summed E-state index contributed by atoms with van der Waals surface area (Å²) >= 11 is 0. The molecule has 0 atom stereocenters. The molecule has 2 rings (SSSR count). The maximum Gasteiger partial charge on any atom is 0.340 e. The second-order valence-corrected chi connectivity index (χ2v) is 5.00. The highest BCUT2D eigenvalue weighted by Gasteiger charge is 2.20. The van der Waals surface area contributed by atoms with Crippen molar-refractivity contribution >= 4 is 18.1 Å². The summed E-state index contributed by atoms with van der Waals surface area (Å²) in [4.78, 5) is 23.6. The summed E-state index contributed by atoms with van der Waals surface area (Å²) in [6.07, 6.45) is 1.23. The minimum atomic E-state index is -1.20. The quantitative estimate of drug-likeness (QED) is 0.580. The summed E-state index contributed by atoms with van der Waals surface area (Å²) in [7, 11) is 4.28. The lowest BCUT2D eigenvalue weighted by molar-refractivity contribution is 0.0692. The number of amides is 1. The number of carboxylic acid groups (broad SMARTS) is 1. The lowest BCUT2D eigenvalue weighted by atomic mass is 10.1. The number of aromatic carboxylic acids is 1. The van der Waals surface area contributed by atoms with Gasteiger partial charge in [0.15, 0.2) is 11.5 Å². The predicted octanol–water partition coefficient (Wildman–Crippen LogP) is 2.17. The first-order chi connectivity index (χ1) is 12.5. The number of rotatable bonds is 7. The summed E-state index contributed by atoms with van der Waals surface area (Å²) in [5.74, 6) is -0.666. The van der Waals surface area contributed by atoms with E-state index in [4.69, 9.17) is 14.2 Å². The second-order valence-electron chi connectivity index (χ2n) is 5.00. The Labute approximate surface area is 150 Å². The minimum Gasteiger partial charge on any atom is -0.497 e. The molecule has 26 heavy (non-hydrogen) atoms. The zero-order valence-electron chi connectivity index (χ0n) is 14.5. The Morgan fingerprint density at radius 3 is 2.23 bits per heavy atom. The van der Waals surface area contributed by atoms with Crippen LogP contribution >= 0.6 is 0 Å². The molecular formula is C18H18N2O6. The minimum absolute atomic E-state index is 0.0745. The number of ether oxygens (including phenoxy) is 3. The van der Waals surface area contributed by atoms with Crippen molar-refractivity contribution in [1.82, 2.24) is 5.43 Å². The Hall–Kier alpha value is -3.55. The van der Waals surface area contributed by atoms with Gasteiger partial charge in [-0.25, -0.2) is 10.2 Å². The fourth-order valence-electron chi connectivity index (χ4n) is 2.24. The van der Waals surface area contributed by atoms with Gasteiger partial charge in [-0.3, -0.25) is 4.79 Å². The van der Waals surface area contributed by atoms with E-state index in [0.717, 1.165) is 0 Å². The fraction of sp³-hybridized carbons (Fsp3) is 0.167. The molecule has 0 aliphatic heterocycles. The molecule has 0 heterocycles. The van der Waals surface area contributed by atoms with Gasteiger partial charge in [0, 0.05) is 11.1 Å². The average molecular weight is 358 g/mol. The third-order valence-electron chi connectivity index (χ3n) is 3.51. The maximum atomic E-state index is 12.1. The molecule has 0 radical (unpaired) electrons. The van der Waals surface area contributed by atoms with Crippen LogP contribution in [0.15, 0.2) is 41.5 Å². The van der Waals surface area contributed by atoms with Gasteiger partial charge >= 0.3 is 5.97 Å². The van der Waals surface area contributed by atoms with Gasteiger partial charge < -0.3 is 19.3 Å². The molecule has 0 bridgehead atoms. The lowest BCUT2D eigenvalue weighted by Crippen LogP contribution is -2.17. The van der Waals surface area contributed by atoms with Gasteiger partial charge in [-0.2, -0.15) is 5.10 Å². The number of hydrogen-bond donors (Lipinski definition) is 2. The molecule has 2 aromatic carbocycles. The third kappa shape index (κ3) is 4.10. The first-order valence-electron chi connectivity index (χ1n) is 7.47. The van der Waals surface area contributed by atoms with Crippen molar-refractivity contribution in [3.8, 4) is 17.2 Å². The highest BCUT2D eigenvalue weighted by molar-refractivity contribution is 6.02. The Morgan fingerprint density at radius 2 is 1.69 bits per heavy atom. The van der Waals surface area contributed by atoms with Crippen LogP contribution < -0.4 is 19.6 Å². The second kappa shape index (κ2) is 8.52. The molecule has 2 N–H and O–H groups in total. The number of carbonyl (C=O) groups excluding carboxylic acids is 1. The van der Waals surface area contributed by atoms with Crippen LogP contribution in [0.2, 0.25) is 0 Å². The van der Waals surface area contributed by atoms with E-state index >= 15 is 0 Å². The normalized spacial score (nSPS) is 10.4. The topological polar surface area (TPSA) is 106 Å². The zero-order chi connectivity index (χ0) is 19.1. The Balaban J connectivity index is 2.21. The SMILES string of the molecule is COc1ccc(C(=O)N/N=C/c2ccc(OC)c(OC)c2C(=O)O)cc1. The van der Waals surface area contributed by atoms with E-state index in [1.54, 1.807) is 30.3 Å². The summed E-state index contributed by atoms with van der Waals surface area (Å²) in [6.45, 7) is 0. The van der Waals surface area contributed by atoms with E-state index in [1.807, 2.05) is 0 Å². The van der Waals surface area contributed by atoms with Crippen LogP contribution in [0.5, 0.6) is 17.2 Å². The van der Waals surface area contributed by atoms with Gasteiger partial charge in [-0.15, -0.1) is 0 Å². The number of nitrogens with one attached hydrogen (secondary N) is 1. The molecular weight excluding hydrogens is 340 g/mol. The number of nitrogens with zero attached hydrogens (tertiary/aromatic N) is 1. The van der Waals surface area contributed by atoms with Gasteiger partial charge in [0.1, 0.15) is 11.3 Å². The van der Waals surface area contributed by atoms with E-state index < -0.39 is 11.9 Å². The van der Waals surface area contributed by atoms with Gasteiger partial charge in [-0.05, 0) is 36.4 Å². The number of carboxylic acids is 1. The van der Waals surface area contributed by atoms with Crippen molar-refractivity contribution in [2.75, 3.05) is 21.3 Å². The molecule has 1 amide bonds. The summed E-state index contributed by atoms with van der Waals surface area (Å²) < 4.78 is 15.2. The van der Waals surface area contributed by atoms with E-state index in [0.29, 0.717) is 11.3 Å². The third-order valence-corrected chi connectivity index (χ3v) is 3.51. The van der Waals surface area contributed by atoms with Gasteiger partial charge in [0.25, 0.3) is 5.91 Å². The van der Waals surface area contributed by atoms with Crippen molar-refractivity contribution in [2.45, 2.75) is 0 Å². The van der Waals surface area contributed by atoms with Crippen LogP contribution in [0.25, 0.3) is 0 Å². The van der Waals surface area contributed by atoms with Crippen LogP contribution in [0.1, 0.15) is 26.3 Å². The molecule has 0 unspecified atom stereocenters. The Bertz CT molecular complexity index is 830. The smallest absolute Gasteiger partial charge is 0.340 e. The molecule has 0 aromatic heterocycles. The van der Waals surface area contributed by atoms with Crippen molar-refractivity contribution in [3.05, 3.63) is 53.1 Å². The van der Waals surface area contributed by atoms with Crippen molar-refractivity contribution in [3.63, 3.8) is 0 Å². The number of hydrazone groups is 1. The molecule has 0 saturated carbocycles. The number of methoxy groups -OCH3 is 3. The average Bonchev–Trinajstić information content (AvgIpc) is 2.67. The summed E-state index contributed by atoms with van der Waals surface area (Å²) in [5, 5.41) is 13.3. The van der Waals surface area contributed by atoms with Crippen LogP contribution in [-0.2, 0) is 0 Å². The highest BCUT2D eigenvalue weighted by Crippen LogP contribution is 2.32. The first kappa shape index (κ1) is 18.8. The molecule has 136 valence electrons. The van der Waals surface area contributed by atoms with Gasteiger partial charge in [0.05, 0.1) is 27.5 Å². The molecule has 0 aliphatic rings. The van der Waals surface area contributed by atoms with Crippen LogP contribution in [0.3, 0.4) is 0 Å². The maximum absolute atomic E-state index is 12.1. The van der Waals surface area contributed by atoms with E-state index in [-0.39, 0.29) is 22.6 Å². The lowest BCUT2D eigenvalue weighted by Gasteiger charge is -2.12. The van der Waals surface area contributed by atoms with Crippen molar-refractivity contribution in [2.24, 2.45) is 5.10 Å². The van der Waals surface area contributed by atoms with Crippen LogP contribution in [0, 0.1) is 0 Å². The molecule has 8 nitrogen and oxygen atoms in total. The Morgan fingerprint density at radius 1 is 1.00 bits per heavy atom. The summed E-state index contributed by atoms with van der Waals surface area (Å²) in [6, 6.07) is 9.53. The van der Waals surface area contributed by atoms with Crippen LogP contribution in [0.4, 0.5) is 0 Å². The van der Waals surface area contributed by atoms with Gasteiger partial charge in [-0.1, -0.05) is 0 Å². The fourth-order valence-corrected chi connectivity index (χ4v) is 2.24. The molecule has 0 fully saturated rings. The van der Waals surface area contributed by atoms with Crippen molar-refractivity contribution in [1.29, 1.82) is 0 Å². The number of hydrogen-bond acceptors (Lipinski definition) is 6. The number of carbonyl (C=O) groups is 2. The largest absolute Gasteiger partial charge is 0.497 e. The Kier molecular flexibility index (Phi) is 6.15. The predicted molar refractivity (Wildman–Crippen MR) is 94.6 cm³/mol. The number of benzene rings is 2. The van der Waals surface area contributed by atoms with Crippen molar-refractivity contribution < 1.29 is 28.9 Å². The molecule has 2 aromatic rings. The van der Waals surface area contributed by atoms with Crippen LogP contribution in [-0.4, -0.2) is 44.5 Å². The first-order valence-corrected chi connectivity index (χ1v) is 7.47. The standard InChI is InChI=1S/C18H18N2O6/c1-24-13-7-4-11(5-8-13)17(21)20-19-10-12-6-9-14(25-2)16(26-3)15(12)18(22)23/h4-10H,1-3H3,(H,20,21)(H,22,23)/b19-10+. The van der Waals surface area contributed by atoms with E-state index in [9.17, 15) is 14.7 Å². The molecule has 8 heteroatoms. The molecule has 0 spiro atoms. The van der Waals surface area contributed by atoms with E-state index in [2.05, 4.69) is 10.5 Å². The van der Waals surface area contributed by atoms with Gasteiger partial charge in [0.2, 0.25) is 0 Å². The zero-order valence-corrected chi connectivity index (χ0v) is 14.5.